The third-order valence-electron chi connectivity index (χ3n) is 6.77. The number of rotatable bonds is 18. The second-order valence-electron chi connectivity index (χ2n) is 12.3. The Morgan fingerprint density at radius 1 is 0.907 bits per heavy atom. The van der Waals surface area contributed by atoms with Crippen molar-refractivity contribution in [3.8, 4) is 0 Å². The van der Waals surface area contributed by atoms with Crippen LogP contribution in [0.1, 0.15) is 78.7 Å². The fourth-order valence-electron chi connectivity index (χ4n) is 4.36. The molecule has 1 rings (SSSR count). The van der Waals surface area contributed by atoms with Gasteiger partial charge in [0.25, 0.3) is 0 Å². The van der Waals surface area contributed by atoms with Gasteiger partial charge < -0.3 is 35.5 Å². The first kappa shape index (κ1) is 38.2. The van der Waals surface area contributed by atoms with Crippen molar-refractivity contribution in [1.82, 2.24) is 26.3 Å². The Morgan fingerprint density at radius 3 is 2.07 bits per heavy atom. The molecule has 1 aromatic rings. The summed E-state index contributed by atoms with van der Waals surface area (Å²) in [4.78, 5) is 55.6. The second-order valence-corrected chi connectivity index (χ2v) is 13.2. The van der Waals surface area contributed by atoms with Crippen LogP contribution in [0.25, 0.3) is 0 Å². The van der Waals surface area contributed by atoms with Crippen molar-refractivity contribution >= 4 is 35.6 Å². The largest absolute Gasteiger partial charge is 0.446 e. The van der Waals surface area contributed by atoms with E-state index in [0.29, 0.717) is 30.3 Å². The van der Waals surface area contributed by atoms with E-state index in [4.69, 9.17) is 9.15 Å². The van der Waals surface area contributed by atoms with Crippen molar-refractivity contribution in [3.63, 3.8) is 0 Å². The number of aliphatic hydroxyl groups is 1. The summed E-state index contributed by atoms with van der Waals surface area (Å²) < 4.78 is 10.6. The molecule has 5 atom stereocenters. The van der Waals surface area contributed by atoms with Gasteiger partial charge in [-0.2, -0.15) is 11.8 Å². The van der Waals surface area contributed by atoms with Gasteiger partial charge in [-0.1, -0.05) is 48.5 Å². The zero-order chi connectivity index (χ0) is 32.9. The molecule has 1 aromatic heterocycles. The van der Waals surface area contributed by atoms with Gasteiger partial charge in [0, 0.05) is 25.1 Å². The first-order chi connectivity index (χ1) is 20.0. The number of aryl methyl sites for hydroxylation is 2. The molecule has 4 amide bonds. The molecule has 0 saturated carbocycles. The molecule has 13 heteroatoms. The number of ether oxygens (including phenoxy) is 1. The number of hydrogen-bond acceptors (Lipinski definition) is 9. The van der Waals surface area contributed by atoms with E-state index in [1.165, 1.54) is 11.8 Å². The predicted molar refractivity (Wildman–Crippen MR) is 167 cm³/mol. The number of carbonyl (C=O) groups excluding carboxylic acids is 4. The lowest BCUT2D eigenvalue weighted by Gasteiger charge is -2.30. The lowest BCUT2D eigenvalue weighted by atomic mass is 9.91. The normalized spacial score (nSPS) is 15.0. The van der Waals surface area contributed by atoms with Gasteiger partial charge in [0.05, 0.1) is 12.1 Å². The molecule has 5 N–H and O–H groups in total. The zero-order valence-electron chi connectivity index (χ0n) is 27.4. The third kappa shape index (κ3) is 14.0. The van der Waals surface area contributed by atoms with Crippen LogP contribution in [0.2, 0.25) is 0 Å². The molecule has 0 spiro atoms. The van der Waals surface area contributed by atoms with Crippen LogP contribution in [0.4, 0.5) is 4.79 Å². The lowest BCUT2D eigenvalue weighted by Crippen LogP contribution is -2.54. The van der Waals surface area contributed by atoms with Crippen LogP contribution in [-0.2, 0) is 25.7 Å². The van der Waals surface area contributed by atoms with Gasteiger partial charge in [-0.15, -0.1) is 0 Å². The minimum absolute atomic E-state index is 0.0705. The number of alkyl carbamates (subject to hydrolysis) is 1. The van der Waals surface area contributed by atoms with E-state index in [-0.39, 0.29) is 48.3 Å². The molecule has 0 aliphatic carbocycles. The van der Waals surface area contributed by atoms with Crippen LogP contribution in [0.15, 0.2) is 4.42 Å². The van der Waals surface area contributed by atoms with E-state index in [2.05, 4.69) is 26.3 Å². The minimum atomic E-state index is -1.04. The average Bonchev–Trinajstić information content (AvgIpc) is 3.23. The lowest BCUT2D eigenvalue weighted by molar-refractivity contribution is -0.132. The maximum atomic E-state index is 13.3. The van der Waals surface area contributed by atoms with Gasteiger partial charge in [0.15, 0.2) is 5.89 Å². The van der Waals surface area contributed by atoms with Gasteiger partial charge in [-0.05, 0) is 43.8 Å². The van der Waals surface area contributed by atoms with E-state index in [1.807, 2.05) is 47.8 Å². The van der Waals surface area contributed by atoms with Crippen LogP contribution < -0.4 is 21.3 Å². The third-order valence-corrected chi connectivity index (χ3v) is 7.44. The number of nitrogens with zero attached hydrogens (tertiary/aromatic N) is 1. The maximum Gasteiger partial charge on any atom is 0.408 e. The average molecular weight is 628 g/mol. The molecule has 0 saturated heterocycles. The van der Waals surface area contributed by atoms with Crippen LogP contribution >= 0.6 is 11.8 Å². The zero-order valence-corrected chi connectivity index (χ0v) is 28.2. The monoisotopic (exact) mass is 627 g/mol. The molecular formula is C30H53N5O7S. The Morgan fingerprint density at radius 2 is 1.56 bits per heavy atom. The fourth-order valence-corrected chi connectivity index (χ4v) is 4.92. The summed E-state index contributed by atoms with van der Waals surface area (Å²) in [7, 11) is 0. The van der Waals surface area contributed by atoms with Crippen LogP contribution in [-0.4, -0.2) is 76.7 Å². The van der Waals surface area contributed by atoms with Gasteiger partial charge in [0.1, 0.15) is 30.1 Å². The number of nitrogens with one attached hydrogen (secondary N) is 4. The van der Waals surface area contributed by atoms with E-state index in [1.54, 1.807) is 20.8 Å². The standard InChI is InChI=1S/C30H53N5O7S/c1-16(2)11-22(25(36)12-19(7)27(37)35-26(18(5)6)29(39)31-13-17(3)4)33-28(38)24(15-43-10)34-30(40)41-14-23-20(8)42-21(9)32-23/h16-19,22,24-26,36H,11-15H2,1-10H3,(H,31,39)(H,33,38)(H,34,40)(H,35,37)/t19-,22+,24+,25+,26+/m1/s1. The van der Waals surface area contributed by atoms with Crippen molar-refractivity contribution in [2.45, 2.75) is 106 Å². The van der Waals surface area contributed by atoms with Gasteiger partial charge in [0.2, 0.25) is 17.7 Å². The molecular weight excluding hydrogens is 574 g/mol. The number of carbonyl (C=O) groups is 4. The molecule has 0 radical (unpaired) electrons. The SMILES string of the molecule is CSC[C@H](NC(=O)OCc1nc(C)oc1C)C(=O)N[C@@H](CC(C)C)[C@@H](O)C[C@@H](C)C(=O)N[C@H](C(=O)NCC(C)C)C(C)C. The Kier molecular flexibility index (Phi) is 16.7. The number of amides is 4. The number of hydrogen-bond donors (Lipinski definition) is 5. The fraction of sp³-hybridized carbons (Fsp3) is 0.767. The molecule has 0 fully saturated rings. The van der Waals surface area contributed by atoms with Crippen molar-refractivity contribution in [2.75, 3.05) is 18.6 Å². The number of aliphatic hydroxyl groups excluding tert-OH is 1. The topological polar surface area (TPSA) is 172 Å². The summed E-state index contributed by atoms with van der Waals surface area (Å²) in [5, 5.41) is 22.3. The highest BCUT2D eigenvalue weighted by Crippen LogP contribution is 2.17. The number of thioether (sulfide) groups is 1. The Bertz CT molecular complexity index is 1050. The molecule has 0 unspecified atom stereocenters. The Labute approximate surface area is 260 Å². The molecule has 0 aromatic carbocycles. The van der Waals surface area contributed by atoms with Gasteiger partial charge in [-0.25, -0.2) is 9.78 Å². The van der Waals surface area contributed by atoms with Gasteiger partial charge in [-0.3, -0.25) is 14.4 Å². The van der Waals surface area contributed by atoms with Crippen molar-refractivity contribution in [3.05, 3.63) is 17.3 Å². The molecule has 0 aliphatic heterocycles. The molecule has 12 nitrogen and oxygen atoms in total. The van der Waals surface area contributed by atoms with Crippen LogP contribution in [0.3, 0.4) is 0 Å². The first-order valence-corrected chi connectivity index (χ1v) is 16.4. The van der Waals surface area contributed by atoms with Gasteiger partial charge >= 0.3 is 6.09 Å². The van der Waals surface area contributed by atoms with Crippen molar-refractivity contribution in [1.29, 1.82) is 0 Å². The molecule has 0 aliphatic rings. The summed E-state index contributed by atoms with van der Waals surface area (Å²) in [6.07, 6.45) is 0.510. The minimum Gasteiger partial charge on any atom is -0.446 e. The highest BCUT2D eigenvalue weighted by molar-refractivity contribution is 7.98. The summed E-state index contributed by atoms with van der Waals surface area (Å²) in [6.45, 7) is 17.1. The highest BCUT2D eigenvalue weighted by Gasteiger charge is 2.31. The van der Waals surface area contributed by atoms with E-state index in [0.717, 1.165) is 0 Å². The number of oxazole rings is 1. The maximum absolute atomic E-state index is 13.3. The second kappa shape index (κ2) is 18.8. The molecule has 43 heavy (non-hydrogen) atoms. The van der Waals surface area contributed by atoms with E-state index in [9.17, 15) is 24.3 Å². The van der Waals surface area contributed by atoms with E-state index < -0.39 is 42.1 Å². The van der Waals surface area contributed by atoms with Crippen molar-refractivity contribution < 1.29 is 33.4 Å². The predicted octanol–water partition coefficient (Wildman–Crippen LogP) is 3.08. The molecule has 0 bridgehead atoms. The summed E-state index contributed by atoms with van der Waals surface area (Å²) >= 11 is 1.37. The summed E-state index contributed by atoms with van der Waals surface area (Å²) in [6, 6.07) is -2.28. The Hall–Kier alpha value is -2.80. The summed E-state index contributed by atoms with van der Waals surface area (Å²) in [5.41, 5.74) is 0.493. The van der Waals surface area contributed by atoms with Crippen molar-refractivity contribution in [2.24, 2.45) is 23.7 Å². The quantitative estimate of drug-likeness (QED) is 0.164. The van der Waals surface area contributed by atoms with E-state index >= 15 is 0 Å². The molecule has 246 valence electrons. The van der Waals surface area contributed by atoms with Crippen LogP contribution in [0.5, 0.6) is 0 Å². The highest BCUT2D eigenvalue weighted by atomic mass is 32.2. The van der Waals surface area contributed by atoms with Crippen LogP contribution in [0, 0.1) is 37.5 Å². The smallest absolute Gasteiger partial charge is 0.408 e. The molecule has 1 heterocycles. The number of aromatic nitrogens is 1. The first-order valence-electron chi connectivity index (χ1n) is 15.0. The summed E-state index contributed by atoms with van der Waals surface area (Å²) in [5.74, 6) is -0.122. The Balaban J connectivity index is 2.85.